The van der Waals surface area contributed by atoms with Crippen molar-refractivity contribution in [3.05, 3.63) is 29.3 Å². The van der Waals surface area contributed by atoms with Gasteiger partial charge in [-0.15, -0.1) is 0 Å². The first kappa shape index (κ1) is 15.6. The minimum absolute atomic E-state index is 0.0773. The smallest absolute Gasteiger partial charge is 0.173 e. The number of ether oxygens (including phenoxy) is 1. The van der Waals surface area contributed by atoms with Gasteiger partial charge in [-0.25, -0.2) is 0 Å². The summed E-state index contributed by atoms with van der Waals surface area (Å²) in [4.78, 5) is 2.52. The molecular formula is C16H25N3O2. The highest BCUT2D eigenvalue weighted by molar-refractivity contribution is 5.99. The Bertz CT molecular complexity index is 506. The maximum absolute atomic E-state index is 8.90. The van der Waals surface area contributed by atoms with Gasteiger partial charge in [-0.3, -0.25) is 4.90 Å². The van der Waals surface area contributed by atoms with Gasteiger partial charge >= 0.3 is 0 Å². The molecule has 0 radical (unpaired) electrons. The molecule has 116 valence electrons. The van der Waals surface area contributed by atoms with E-state index in [4.69, 9.17) is 15.7 Å². The van der Waals surface area contributed by atoms with Gasteiger partial charge in [0, 0.05) is 18.6 Å². The molecule has 1 fully saturated rings. The van der Waals surface area contributed by atoms with Crippen molar-refractivity contribution in [3.8, 4) is 5.75 Å². The van der Waals surface area contributed by atoms with Crippen molar-refractivity contribution in [2.75, 3.05) is 7.11 Å². The van der Waals surface area contributed by atoms with Crippen molar-refractivity contribution in [2.24, 2.45) is 10.9 Å². The van der Waals surface area contributed by atoms with Crippen LogP contribution in [0.2, 0.25) is 0 Å². The molecule has 0 unspecified atom stereocenters. The van der Waals surface area contributed by atoms with Gasteiger partial charge in [-0.05, 0) is 44.4 Å². The number of benzene rings is 1. The van der Waals surface area contributed by atoms with Crippen LogP contribution in [0.5, 0.6) is 5.75 Å². The molecule has 0 amide bonds. The molecule has 2 atom stereocenters. The fraction of sp³-hybridized carbons (Fsp3) is 0.562. The third kappa shape index (κ3) is 3.47. The SMILES string of the molecule is COc1ccc(CN2[C@H](C)CCC[C@@H]2C)cc1/C(N)=N/O. The van der Waals surface area contributed by atoms with Crippen LogP contribution in [0.25, 0.3) is 0 Å². The van der Waals surface area contributed by atoms with E-state index in [1.54, 1.807) is 7.11 Å². The van der Waals surface area contributed by atoms with Crippen LogP contribution in [0.4, 0.5) is 0 Å². The van der Waals surface area contributed by atoms with Gasteiger partial charge in [0.15, 0.2) is 5.84 Å². The number of hydrogen-bond donors (Lipinski definition) is 2. The second-order valence-corrected chi connectivity index (χ2v) is 5.82. The zero-order valence-electron chi connectivity index (χ0n) is 13.0. The van der Waals surface area contributed by atoms with Crippen LogP contribution in [0, 0.1) is 0 Å². The summed E-state index contributed by atoms with van der Waals surface area (Å²) in [5.41, 5.74) is 7.52. The fourth-order valence-corrected chi connectivity index (χ4v) is 3.10. The third-order valence-electron chi connectivity index (χ3n) is 4.39. The topological polar surface area (TPSA) is 71.1 Å². The number of nitrogens with zero attached hydrogens (tertiary/aromatic N) is 2. The number of nitrogens with two attached hydrogens (primary N) is 1. The number of hydrogen-bond acceptors (Lipinski definition) is 4. The lowest BCUT2D eigenvalue weighted by atomic mass is 9.96. The van der Waals surface area contributed by atoms with Gasteiger partial charge < -0.3 is 15.7 Å². The molecule has 1 aliphatic heterocycles. The third-order valence-corrected chi connectivity index (χ3v) is 4.39. The van der Waals surface area contributed by atoms with E-state index in [-0.39, 0.29) is 5.84 Å². The molecule has 0 aliphatic carbocycles. The van der Waals surface area contributed by atoms with E-state index in [0.717, 1.165) is 12.1 Å². The van der Waals surface area contributed by atoms with Crippen LogP contribution >= 0.6 is 0 Å². The summed E-state index contributed by atoms with van der Waals surface area (Å²) in [6.07, 6.45) is 3.79. The summed E-state index contributed by atoms with van der Waals surface area (Å²) >= 11 is 0. The van der Waals surface area contributed by atoms with Crippen molar-refractivity contribution in [1.29, 1.82) is 0 Å². The quantitative estimate of drug-likeness (QED) is 0.387. The molecule has 1 saturated heterocycles. The van der Waals surface area contributed by atoms with Crippen molar-refractivity contribution >= 4 is 5.84 Å². The molecule has 0 saturated carbocycles. The molecule has 5 nitrogen and oxygen atoms in total. The zero-order valence-corrected chi connectivity index (χ0v) is 13.0. The number of methoxy groups -OCH3 is 1. The summed E-state index contributed by atoms with van der Waals surface area (Å²) in [6, 6.07) is 7.04. The predicted octanol–water partition coefficient (Wildman–Crippen LogP) is 2.55. The van der Waals surface area contributed by atoms with E-state index in [1.165, 1.54) is 19.3 Å². The van der Waals surface area contributed by atoms with Crippen molar-refractivity contribution < 1.29 is 9.94 Å². The van der Waals surface area contributed by atoms with Gasteiger partial charge in [0.2, 0.25) is 0 Å². The van der Waals surface area contributed by atoms with Crippen LogP contribution in [0.3, 0.4) is 0 Å². The Labute approximate surface area is 126 Å². The summed E-state index contributed by atoms with van der Waals surface area (Å²) < 4.78 is 5.27. The lowest BCUT2D eigenvalue weighted by Gasteiger charge is -2.39. The maximum atomic E-state index is 8.90. The van der Waals surface area contributed by atoms with Crippen LogP contribution in [-0.2, 0) is 6.54 Å². The van der Waals surface area contributed by atoms with Gasteiger partial charge in [-0.1, -0.05) is 17.6 Å². The number of likely N-dealkylation sites (tertiary alicyclic amines) is 1. The lowest BCUT2D eigenvalue weighted by molar-refractivity contribution is 0.0952. The second-order valence-electron chi connectivity index (χ2n) is 5.82. The first-order valence-corrected chi connectivity index (χ1v) is 7.47. The monoisotopic (exact) mass is 291 g/mol. The van der Waals surface area contributed by atoms with Crippen LogP contribution < -0.4 is 10.5 Å². The van der Waals surface area contributed by atoms with Crippen molar-refractivity contribution in [3.63, 3.8) is 0 Å². The summed E-state index contributed by atoms with van der Waals surface area (Å²) in [7, 11) is 1.58. The largest absolute Gasteiger partial charge is 0.496 e. The van der Waals surface area contributed by atoms with E-state index < -0.39 is 0 Å². The molecule has 2 rings (SSSR count). The predicted molar refractivity (Wildman–Crippen MR) is 83.8 cm³/mol. The number of amidine groups is 1. The van der Waals surface area contributed by atoms with E-state index in [1.807, 2.05) is 18.2 Å². The van der Waals surface area contributed by atoms with Crippen LogP contribution in [0.15, 0.2) is 23.4 Å². The van der Waals surface area contributed by atoms with Gasteiger partial charge in [-0.2, -0.15) is 0 Å². The standard InChI is InChI=1S/C16H25N3O2/c1-11-5-4-6-12(2)19(11)10-13-7-8-15(21-3)14(9-13)16(17)18-20/h7-9,11-12,20H,4-6,10H2,1-3H3,(H2,17,18)/t11-,12+. The van der Waals surface area contributed by atoms with Crippen molar-refractivity contribution in [2.45, 2.75) is 51.7 Å². The van der Waals surface area contributed by atoms with E-state index in [2.05, 4.69) is 23.9 Å². The Hall–Kier alpha value is -1.75. The minimum atomic E-state index is 0.0773. The number of piperidine rings is 1. The van der Waals surface area contributed by atoms with E-state index in [9.17, 15) is 0 Å². The summed E-state index contributed by atoms with van der Waals surface area (Å²) in [5.74, 6) is 0.697. The molecule has 1 aliphatic rings. The maximum Gasteiger partial charge on any atom is 0.173 e. The fourth-order valence-electron chi connectivity index (χ4n) is 3.10. The number of rotatable bonds is 4. The Morgan fingerprint density at radius 3 is 2.62 bits per heavy atom. The average Bonchev–Trinajstić information content (AvgIpc) is 2.50. The summed E-state index contributed by atoms with van der Waals surface area (Å²) in [6.45, 7) is 5.44. The second kappa shape index (κ2) is 6.80. The molecule has 3 N–H and O–H groups in total. The van der Waals surface area contributed by atoms with Crippen LogP contribution in [0.1, 0.15) is 44.2 Å². The highest BCUT2D eigenvalue weighted by Gasteiger charge is 2.24. The molecule has 5 heteroatoms. The average molecular weight is 291 g/mol. The summed E-state index contributed by atoms with van der Waals surface area (Å²) in [5, 5.41) is 12.0. The molecule has 0 spiro atoms. The van der Waals surface area contributed by atoms with Gasteiger partial charge in [0.05, 0.1) is 12.7 Å². The van der Waals surface area contributed by atoms with E-state index >= 15 is 0 Å². The first-order chi connectivity index (χ1) is 10.1. The highest BCUT2D eigenvalue weighted by Crippen LogP contribution is 2.26. The molecular weight excluding hydrogens is 266 g/mol. The van der Waals surface area contributed by atoms with Gasteiger partial charge in [0.25, 0.3) is 0 Å². The first-order valence-electron chi connectivity index (χ1n) is 7.47. The number of oxime groups is 1. The lowest BCUT2D eigenvalue weighted by Crippen LogP contribution is -2.42. The molecule has 1 aromatic rings. The molecule has 0 bridgehead atoms. The Morgan fingerprint density at radius 2 is 2.05 bits per heavy atom. The Balaban J connectivity index is 2.24. The molecule has 1 heterocycles. The molecule has 0 aromatic heterocycles. The molecule has 1 aromatic carbocycles. The Kier molecular flexibility index (Phi) is 5.07. The Morgan fingerprint density at radius 1 is 1.38 bits per heavy atom. The van der Waals surface area contributed by atoms with Gasteiger partial charge in [0.1, 0.15) is 5.75 Å². The van der Waals surface area contributed by atoms with E-state index in [0.29, 0.717) is 23.4 Å². The van der Waals surface area contributed by atoms with Crippen LogP contribution in [-0.4, -0.2) is 35.1 Å². The minimum Gasteiger partial charge on any atom is -0.496 e. The normalized spacial score (nSPS) is 24.0. The highest BCUT2D eigenvalue weighted by atomic mass is 16.5. The zero-order chi connectivity index (χ0) is 15.4. The van der Waals surface area contributed by atoms with Crippen molar-refractivity contribution in [1.82, 2.24) is 4.90 Å². The molecule has 21 heavy (non-hydrogen) atoms.